The lowest BCUT2D eigenvalue weighted by atomic mass is 10.2. The van der Waals surface area contributed by atoms with Gasteiger partial charge in [0.15, 0.2) is 0 Å². The molecule has 1 N–H and O–H groups in total. The molecule has 3 rings (SSSR count). The van der Waals surface area contributed by atoms with Gasteiger partial charge in [-0.1, -0.05) is 39.3 Å². The molecule has 0 aliphatic heterocycles. The zero-order chi connectivity index (χ0) is 16.1. The quantitative estimate of drug-likeness (QED) is 0.693. The number of rotatable bonds is 6. The number of benzene rings is 1. The van der Waals surface area contributed by atoms with Crippen molar-refractivity contribution in [3.05, 3.63) is 57.7 Å². The molecular weight excluding hydrogens is 378 g/mol. The van der Waals surface area contributed by atoms with Gasteiger partial charge in [0.2, 0.25) is 17.6 Å². The Kier molecular flexibility index (Phi) is 5.19. The highest BCUT2D eigenvalue weighted by atomic mass is 79.9. The molecule has 118 valence electrons. The minimum atomic E-state index is -0.0409. The lowest BCUT2D eigenvalue weighted by Crippen LogP contribution is -2.23. The lowest BCUT2D eigenvalue weighted by Gasteiger charge is -2.04. The second kappa shape index (κ2) is 7.52. The highest BCUT2D eigenvalue weighted by Gasteiger charge is 2.11. The number of hydrogen-bond acceptors (Lipinski definition) is 5. The van der Waals surface area contributed by atoms with Crippen LogP contribution in [-0.4, -0.2) is 16.0 Å². The van der Waals surface area contributed by atoms with Crippen molar-refractivity contribution in [2.45, 2.75) is 19.4 Å². The summed E-state index contributed by atoms with van der Waals surface area (Å²) in [4.78, 5) is 17.2. The van der Waals surface area contributed by atoms with Crippen molar-refractivity contribution in [2.24, 2.45) is 0 Å². The predicted molar refractivity (Wildman–Crippen MR) is 91.9 cm³/mol. The molecule has 3 aromatic rings. The molecule has 7 heteroatoms. The maximum absolute atomic E-state index is 11.9. The van der Waals surface area contributed by atoms with Crippen LogP contribution in [0.5, 0.6) is 0 Å². The smallest absolute Gasteiger partial charge is 0.227 e. The largest absolute Gasteiger partial charge is 0.352 e. The molecule has 0 bridgehead atoms. The van der Waals surface area contributed by atoms with Gasteiger partial charge in [0.05, 0.1) is 4.88 Å². The van der Waals surface area contributed by atoms with Gasteiger partial charge >= 0.3 is 0 Å². The Balaban J connectivity index is 1.47. The Hall–Kier alpha value is -1.99. The van der Waals surface area contributed by atoms with Crippen LogP contribution in [0.25, 0.3) is 10.7 Å². The Morgan fingerprint density at radius 2 is 2.22 bits per heavy atom. The van der Waals surface area contributed by atoms with E-state index in [4.69, 9.17) is 4.52 Å². The van der Waals surface area contributed by atoms with E-state index < -0.39 is 0 Å². The second-order valence-corrected chi connectivity index (χ2v) is 6.76. The van der Waals surface area contributed by atoms with Crippen LogP contribution in [0, 0.1) is 0 Å². The van der Waals surface area contributed by atoms with Gasteiger partial charge in [-0.05, 0) is 29.1 Å². The van der Waals surface area contributed by atoms with E-state index >= 15 is 0 Å². The Morgan fingerprint density at radius 1 is 1.30 bits per heavy atom. The minimum Gasteiger partial charge on any atom is -0.352 e. The van der Waals surface area contributed by atoms with Crippen LogP contribution in [0.3, 0.4) is 0 Å². The molecule has 0 aliphatic carbocycles. The summed E-state index contributed by atoms with van der Waals surface area (Å²) in [6.45, 7) is 0.503. The average molecular weight is 392 g/mol. The molecule has 0 radical (unpaired) electrons. The topological polar surface area (TPSA) is 68.0 Å². The summed E-state index contributed by atoms with van der Waals surface area (Å²) in [5, 5.41) is 8.77. The summed E-state index contributed by atoms with van der Waals surface area (Å²) in [7, 11) is 0. The van der Waals surface area contributed by atoms with Gasteiger partial charge in [-0.3, -0.25) is 4.79 Å². The summed E-state index contributed by atoms with van der Waals surface area (Å²) >= 11 is 4.96. The van der Waals surface area contributed by atoms with Crippen LogP contribution in [0.2, 0.25) is 0 Å². The molecule has 1 aromatic carbocycles. The molecule has 0 saturated carbocycles. The summed E-state index contributed by atoms with van der Waals surface area (Å²) in [6.07, 6.45) is 0.753. The molecule has 0 saturated heterocycles. The van der Waals surface area contributed by atoms with Crippen molar-refractivity contribution in [3.8, 4) is 10.7 Å². The lowest BCUT2D eigenvalue weighted by molar-refractivity contribution is -0.121. The zero-order valence-electron chi connectivity index (χ0n) is 12.2. The summed E-state index contributed by atoms with van der Waals surface area (Å²) in [6, 6.07) is 11.7. The Bertz CT molecular complexity index is 786. The van der Waals surface area contributed by atoms with Crippen LogP contribution in [-0.2, 0) is 17.8 Å². The molecule has 0 atom stereocenters. The van der Waals surface area contributed by atoms with E-state index in [1.807, 2.05) is 41.8 Å². The number of aryl methyl sites for hydroxylation is 1. The fraction of sp³-hybridized carbons (Fsp3) is 0.188. The second-order valence-electron chi connectivity index (χ2n) is 4.90. The number of nitrogens with one attached hydrogen (secondary N) is 1. The van der Waals surface area contributed by atoms with E-state index in [2.05, 4.69) is 31.4 Å². The summed E-state index contributed by atoms with van der Waals surface area (Å²) in [5.74, 6) is 1.01. The van der Waals surface area contributed by atoms with Crippen LogP contribution in [0.4, 0.5) is 0 Å². The number of hydrogen-bond donors (Lipinski definition) is 1. The fourth-order valence-electron chi connectivity index (χ4n) is 2.02. The first-order chi connectivity index (χ1) is 11.2. The van der Waals surface area contributed by atoms with Crippen molar-refractivity contribution in [2.75, 3.05) is 0 Å². The highest BCUT2D eigenvalue weighted by molar-refractivity contribution is 9.10. The number of carbonyl (C=O) groups is 1. The van der Waals surface area contributed by atoms with Crippen molar-refractivity contribution in [1.82, 2.24) is 15.5 Å². The molecule has 0 spiro atoms. The first kappa shape index (κ1) is 15.9. The average Bonchev–Trinajstić information content (AvgIpc) is 3.22. The Labute approximate surface area is 145 Å². The van der Waals surface area contributed by atoms with E-state index in [1.54, 1.807) is 11.3 Å². The van der Waals surface area contributed by atoms with Gasteiger partial charge in [-0.2, -0.15) is 4.98 Å². The normalized spacial score (nSPS) is 10.7. The molecule has 5 nitrogen and oxygen atoms in total. The highest BCUT2D eigenvalue weighted by Crippen LogP contribution is 2.21. The van der Waals surface area contributed by atoms with Crippen LogP contribution in [0.1, 0.15) is 17.9 Å². The van der Waals surface area contributed by atoms with E-state index in [9.17, 15) is 4.79 Å². The molecule has 0 aliphatic rings. The zero-order valence-corrected chi connectivity index (χ0v) is 14.6. The summed E-state index contributed by atoms with van der Waals surface area (Å²) in [5.41, 5.74) is 1.05. The third-order valence-corrected chi connectivity index (χ3v) is 4.51. The number of carbonyl (C=O) groups excluding carboxylic acids is 1. The molecular formula is C16H14BrN3O2S. The summed E-state index contributed by atoms with van der Waals surface area (Å²) < 4.78 is 6.17. The molecule has 0 fully saturated rings. The van der Waals surface area contributed by atoms with Gasteiger partial charge in [0.1, 0.15) is 0 Å². The standard InChI is InChI=1S/C16H14BrN3O2S/c17-12-4-1-3-11(9-12)10-18-14(21)6-7-15-19-16(20-22-15)13-5-2-8-23-13/h1-5,8-9H,6-7,10H2,(H,18,21). The SMILES string of the molecule is O=C(CCc1nc(-c2cccs2)no1)NCc1cccc(Br)c1. The molecule has 0 unspecified atom stereocenters. The molecule has 2 heterocycles. The maximum Gasteiger partial charge on any atom is 0.227 e. The number of thiophene rings is 1. The third-order valence-electron chi connectivity index (χ3n) is 3.15. The predicted octanol–water partition coefficient (Wildman–Crippen LogP) is 3.81. The Morgan fingerprint density at radius 3 is 3.00 bits per heavy atom. The van der Waals surface area contributed by atoms with Crippen molar-refractivity contribution in [3.63, 3.8) is 0 Å². The first-order valence-corrected chi connectivity index (χ1v) is 8.75. The first-order valence-electron chi connectivity index (χ1n) is 7.08. The van der Waals surface area contributed by atoms with Gasteiger partial charge < -0.3 is 9.84 Å². The van der Waals surface area contributed by atoms with E-state index in [1.165, 1.54) is 0 Å². The third kappa shape index (κ3) is 4.49. The molecule has 2 aromatic heterocycles. The molecule has 23 heavy (non-hydrogen) atoms. The fourth-order valence-corrected chi connectivity index (χ4v) is 3.11. The monoisotopic (exact) mass is 391 g/mol. The molecule has 1 amide bonds. The van der Waals surface area contributed by atoms with Crippen molar-refractivity contribution < 1.29 is 9.32 Å². The van der Waals surface area contributed by atoms with Crippen LogP contribution in [0.15, 0.2) is 50.8 Å². The van der Waals surface area contributed by atoms with Gasteiger partial charge in [-0.25, -0.2) is 0 Å². The van der Waals surface area contributed by atoms with Gasteiger partial charge in [-0.15, -0.1) is 11.3 Å². The van der Waals surface area contributed by atoms with Crippen LogP contribution >= 0.6 is 27.3 Å². The van der Waals surface area contributed by atoms with E-state index in [0.29, 0.717) is 31.1 Å². The van der Waals surface area contributed by atoms with Crippen molar-refractivity contribution in [1.29, 1.82) is 0 Å². The minimum absolute atomic E-state index is 0.0409. The van der Waals surface area contributed by atoms with Crippen LogP contribution < -0.4 is 5.32 Å². The number of nitrogens with zero attached hydrogens (tertiary/aromatic N) is 2. The van der Waals surface area contributed by atoms with E-state index in [-0.39, 0.29) is 5.91 Å². The number of amides is 1. The number of halogens is 1. The number of aromatic nitrogens is 2. The van der Waals surface area contributed by atoms with Gasteiger partial charge in [0.25, 0.3) is 0 Å². The van der Waals surface area contributed by atoms with Gasteiger partial charge in [0, 0.05) is 23.9 Å². The van der Waals surface area contributed by atoms with Crippen molar-refractivity contribution >= 4 is 33.2 Å². The van der Waals surface area contributed by atoms with E-state index in [0.717, 1.165) is 14.9 Å². The maximum atomic E-state index is 11.9.